The number of rotatable bonds is 3. The highest BCUT2D eigenvalue weighted by atomic mass is 35.5. The third-order valence-electron chi connectivity index (χ3n) is 3.92. The third kappa shape index (κ3) is 5.91. The number of hydrogen-bond donors (Lipinski definition) is 3. The van der Waals surface area contributed by atoms with Gasteiger partial charge in [0.05, 0.1) is 22.0 Å². The highest BCUT2D eigenvalue weighted by molar-refractivity contribution is 7.71. The average molecular weight is 470 g/mol. The van der Waals surface area contributed by atoms with Crippen molar-refractivity contribution in [2.75, 3.05) is 5.32 Å². The molecule has 0 unspecified atom stereocenters. The largest absolute Gasteiger partial charge is 0.494 e. The van der Waals surface area contributed by atoms with Gasteiger partial charge < -0.3 is 10.4 Å². The van der Waals surface area contributed by atoms with Gasteiger partial charge in [-0.1, -0.05) is 30.1 Å². The molecule has 0 aliphatic rings. The van der Waals surface area contributed by atoms with Crippen molar-refractivity contribution in [2.24, 2.45) is 0 Å². The predicted octanol–water partition coefficient (Wildman–Crippen LogP) is 5.39. The molecular weight excluding hydrogens is 452 g/mol. The first kappa shape index (κ1) is 23.6. The monoisotopic (exact) mass is 469 g/mol. The van der Waals surface area contributed by atoms with Gasteiger partial charge >= 0.3 is 0 Å². The summed E-state index contributed by atoms with van der Waals surface area (Å²) in [4.78, 5) is 24.8. The Balaban J connectivity index is 0.000000222. The minimum absolute atomic E-state index is 0.0599. The van der Waals surface area contributed by atoms with Gasteiger partial charge in [0.1, 0.15) is 5.82 Å². The summed E-state index contributed by atoms with van der Waals surface area (Å²) in [5.41, 5.74) is 0.792. The lowest BCUT2D eigenvalue weighted by atomic mass is 10.3. The quantitative estimate of drug-likeness (QED) is 0.448. The average Bonchev–Trinajstić information content (AvgIpc) is 2.70. The van der Waals surface area contributed by atoms with Crippen molar-refractivity contribution in [3.63, 3.8) is 0 Å². The lowest BCUT2D eigenvalue weighted by Crippen LogP contribution is -2.15. The van der Waals surface area contributed by atoms with Crippen LogP contribution < -0.4 is 10.9 Å². The Morgan fingerprint density at radius 2 is 1.87 bits per heavy atom. The van der Waals surface area contributed by atoms with E-state index in [9.17, 15) is 19.1 Å². The molecule has 3 rings (SSSR count). The zero-order chi connectivity index (χ0) is 22.4. The molecule has 6 nitrogen and oxygen atoms in total. The summed E-state index contributed by atoms with van der Waals surface area (Å²) < 4.78 is 14.1. The third-order valence-corrected chi connectivity index (χ3v) is 4.75. The van der Waals surface area contributed by atoms with Crippen LogP contribution in [0.1, 0.15) is 18.9 Å². The highest BCUT2D eigenvalue weighted by Gasteiger charge is 2.09. The van der Waals surface area contributed by atoms with Gasteiger partial charge in [0.15, 0.2) is 4.77 Å². The van der Waals surface area contributed by atoms with Gasteiger partial charge in [0.25, 0.3) is 5.56 Å². The van der Waals surface area contributed by atoms with Gasteiger partial charge in [-0.2, -0.15) is 0 Å². The van der Waals surface area contributed by atoms with Crippen LogP contribution in [-0.4, -0.2) is 20.6 Å². The molecule has 3 aromatic rings. The fourth-order valence-corrected chi connectivity index (χ4v) is 3.01. The molecule has 158 valence electrons. The molecule has 0 fully saturated rings. The van der Waals surface area contributed by atoms with E-state index in [0.29, 0.717) is 27.8 Å². The molecule has 30 heavy (non-hydrogen) atoms. The van der Waals surface area contributed by atoms with Crippen LogP contribution in [0.5, 0.6) is 5.88 Å². The van der Waals surface area contributed by atoms with Gasteiger partial charge in [0.2, 0.25) is 11.8 Å². The van der Waals surface area contributed by atoms with Crippen molar-refractivity contribution in [1.82, 2.24) is 9.55 Å². The number of aromatic nitrogens is 2. The molecule has 0 saturated heterocycles. The van der Waals surface area contributed by atoms with E-state index in [4.69, 9.17) is 35.4 Å². The summed E-state index contributed by atoms with van der Waals surface area (Å²) in [6, 6.07) is 10.4. The second-order valence-corrected chi connectivity index (χ2v) is 7.28. The Kier molecular flexibility index (Phi) is 8.16. The SMILES string of the molecule is CCC(=O)Nc1ccc(Cl)cc1Cl.Cc1c(O)n(-c2ccc(F)cc2)c(=S)[nH]c1=O. The summed E-state index contributed by atoms with van der Waals surface area (Å²) in [6.45, 7) is 3.25. The van der Waals surface area contributed by atoms with E-state index in [2.05, 4.69) is 10.3 Å². The van der Waals surface area contributed by atoms with E-state index in [0.717, 1.165) is 0 Å². The number of carbonyl (C=O) groups is 1. The number of aromatic amines is 1. The first-order valence-electron chi connectivity index (χ1n) is 8.69. The number of nitrogens with one attached hydrogen (secondary N) is 2. The van der Waals surface area contributed by atoms with Crippen LogP contribution in [0.25, 0.3) is 5.69 Å². The van der Waals surface area contributed by atoms with Crippen molar-refractivity contribution in [2.45, 2.75) is 20.3 Å². The summed E-state index contributed by atoms with van der Waals surface area (Å²) in [6.07, 6.45) is 0.430. The number of aromatic hydroxyl groups is 1. The molecule has 1 aromatic heterocycles. The molecule has 10 heteroatoms. The van der Waals surface area contributed by atoms with E-state index in [1.807, 2.05) is 0 Å². The molecule has 2 aromatic carbocycles. The number of hydrogen-bond acceptors (Lipinski definition) is 4. The Hall–Kier alpha value is -2.68. The molecule has 1 amide bonds. The molecule has 0 bridgehead atoms. The van der Waals surface area contributed by atoms with Crippen LogP contribution in [0.4, 0.5) is 10.1 Å². The minimum Gasteiger partial charge on any atom is -0.494 e. The number of anilines is 1. The smallest absolute Gasteiger partial charge is 0.258 e. The van der Waals surface area contributed by atoms with Crippen LogP contribution in [0, 0.1) is 17.5 Å². The lowest BCUT2D eigenvalue weighted by molar-refractivity contribution is -0.115. The predicted molar refractivity (Wildman–Crippen MR) is 119 cm³/mol. The maximum Gasteiger partial charge on any atom is 0.258 e. The standard InChI is InChI=1S/C11H9FN2O2S.C9H9Cl2NO/c1-6-9(15)13-11(17)14(10(6)16)8-4-2-7(12)3-5-8;1-2-9(13)12-8-4-3-6(10)5-7(8)11/h2-5,16H,1H3,(H,13,15,17);3-5H,2H2,1H3,(H,12,13). The number of nitrogens with zero attached hydrogens (tertiary/aromatic N) is 1. The molecule has 3 N–H and O–H groups in total. The summed E-state index contributed by atoms with van der Waals surface area (Å²) in [5.74, 6) is -0.699. The topological polar surface area (TPSA) is 87.1 Å². The number of halogens is 3. The zero-order valence-corrected chi connectivity index (χ0v) is 18.3. The van der Waals surface area contributed by atoms with E-state index in [1.54, 1.807) is 25.1 Å². The second-order valence-electron chi connectivity index (χ2n) is 6.05. The van der Waals surface area contributed by atoms with E-state index in [-0.39, 0.29) is 27.9 Å². The molecule has 0 saturated carbocycles. The van der Waals surface area contributed by atoms with Crippen molar-refractivity contribution in [3.8, 4) is 11.6 Å². The van der Waals surface area contributed by atoms with Crippen molar-refractivity contribution in [1.29, 1.82) is 0 Å². The number of benzene rings is 2. The number of carbonyl (C=O) groups excluding carboxylic acids is 1. The minimum atomic E-state index is -0.439. The maximum absolute atomic E-state index is 12.8. The van der Waals surface area contributed by atoms with E-state index in [1.165, 1.54) is 35.8 Å². The maximum atomic E-state index is 12.8. The normalized spacial score (nSPS) is 10.2. The van der Waals surface area contributed by atoms with Crippen molar-refractivity contribution in [3.05, 3.63) is 79.0 Å². The fourth-order valence-electron chi connectivity index (χ4n) is 2.27. The fraction of sp³-hybridized carbons (Fsp3) is 0.150. The molecule has 0 aliphatic carbocycles. The van der Waals surface area contributed by atoms with Gasteiger partial charge in [-0.25, -0.2) is 4.39 Å². The number of amides is 1. The first-order chi connectivity index (χ1) is 14.1. The van der Waals surface area contributed by atoms with E-state index >= 15 is 0 Å². The van der Waals surface area contributed by atoms with Crippen molar-refractivity contribution >= 4 is 47.0 Å². The molecule has 0 atom stereocenters. The van der Waals surface area contributed by atoms with Gasteiger partial charge in [-0.15, -0.1) is 0 Å². The Morgan fingerprint density at radius 3 is 2.43 bits per heavy atom. The van der Waals surface area contributed by atoms with Gasteiger partial charge in [-0.05, 0) is 61.6 Å². The summed E-state index contributed by atoms with van der Waals surface area (Å²) in [5, 5.41) is 13.5. The van der Waals surface area contributed by atoms with Crippen LogP contribution >= 0.6 is 35.4 Å². The Labute approximate surface area is 186 Å². The first-order valence-corrected chi connectivity index (χ1v) is 9.86. The summed E-state index contributed by atoms with van der Waals surface area (Å²) in [7, 11) is 0. The van der Waals surface area contributed by atoms with Crippen LogP contribution in [0.3, 0.4) is 0 Å². The molecule has 0 radical (unpaired) electrons. The zero-order valence-electron chi connectivity index (χ0n) is 16.0. The Morgan fingerprint density at radius 1 is 1.23 bits per heavy atom. The van der Waals surface area contributed by atoms with E-state index < -0.39 is 5.56 Å². The van der Waals surface area contributed by atoms with Gasteiger partial charge in [0, 0.05) is 11.4 Å². The molecular formula is C20H18Cl2FN3O3S. The lowest BCUT2D eigenvalue weighted by Gasteiger charge is -2.10. The van der Waals surface area contributed by atoms with Crippen molar-refractivity contribution < 1.29 is 14.3 Å². The molecule has 0 aliphatic heterocycles. The Bertz CT molecular complexity index is 1180. The second kappa shape index (κ2) is 10.4. The van der Waals surface area contributed by atoms with Crippen LogP contribution in [0.15, 0.2) is 47.3 Å². The van der Waals surface area contributed by atoms with Crippen LogP contribution in [0.2, 0.25) is 10.0 Å². The van der Waals surface area contributed by atoms with Crippen LogP contribution in [-0.2, 0) is 4.79 Å². The molecule has 1 heterocycles. The number of H-pyrrole nitrogens is 1. The molecule has 0 spiro atoms. The summed E-state index contributed by atoms with van der Waals surface area (Å²) >= 11 is 16.5. The van der Waals surface area contributed by atoms with Gasteiger partial charge in [-0.3, -0.25) is 19.1 Å². The highest BCUT2D eigenvalue weighted by Crippen LogP contribution is 2.25.